The van der Waals surface area contributed by atoms with Crippen molar-refractivity contribution in [1.82, 2.24) is 0 Å². The van der Waals surface area contributed by atoms with E-state index in [0.717, 1.165) is 5.56 Å². The molecule has 1 aromatic rings. The number of ketones is 1. The van der Waals surface area contributed by atoms with Gasteiger partial charge in [-0.1, -0.05) is 6.07 Å². The zero-order valence-electron chi connectivity index (χ0n) is 10.7. The summed E-state index contributed by atoms with van der Waals surface area (Å²) < 4.78 is 5.20. The number of amides is 1. The Morgan fingerprint density at radius 2 is 2.22 bits per heavy atom. The van der Waals surface area contributed by atoms with Crippen molar-refractivity contribution in [3.63, 3.8) is 0 Å². The van der Waals surface area contributed by atoms with E-state index in [9.17, 15) is 9.59 Å². The van der Waals surface area contributed by atoms with Crippen molar-refractivity contribution in [3.8, 4) is 5.75 Å². The normalized spacial score (nSPS) is 18.8. The molecule has 1 aromatic carbocycles. The predicted molar refractivity (Wildman–Crippen MR) is 68.7 cm³/mol. The van der Waals surface area contributed by atoms with Crippen LogP contribution in [0.5, 0.6) is 5.75 Å². The number of nitrogens with one attached hydrogen (secondary N) is 1. The molecule has 0 heterocycles. The molecule has 18 heavy (non-hydrogen) atoms. The maximum Gasteiger partial charge on any atom is 0.228 e. The van der Waals surface area contributed by atoms with Gasteiger partial charge in [-0.3, -0.25) is 9.59 Å². The maximum atomic E-state index is 12.0. The van der Waals surface area contributed by atoms with Gasteiger partial charge in [0.05, 0.1) is 12.8 Å². The minimum absolute atomic E-state index is 0.0928. The van der Waals surface area contributed by atoms with Crippen LogP contribution in [0.15, 0.2) is 18.2 Å². The highest BCUT2D eigenvalue weighted by atomic mass is 16.5. The Hall–Kier alpha value is -1.84. The molecule has 0 aliphatic heterocycles. The van der Waals surface area contributed by atoms with Crippen molar-refractivity contribution in [2.75, 3.05) is 12.4 Å². The maximum absolute atomic E-state index is 12.0. The van der Waals surface area contributed by atoms with Gasteiger partial charge in [-0.15, -0.1) is 0 Å². The van der Waals surface area contributed by atoms with Crippen molar-refractivity contribution in [2.45, 2.75) is 26.2 Å². The largest absolute Gasteiger partial charge is 0.495 e. The van der Waals surface area contributed by atoms with Gasteiger partial charge in [0.15, 0.2) is 0 Å². The zero-order chi connectivity index (χ0) is 13.1. The number of methoxy groups -OCH3 is 1. The van der Waals surface area contributed by atoms with E-state index in [0.29, 0.717) is 30.7 Å². The van der Waals surface area contributed by atoms with Crippen molar-refractivity contribution >= 4 is 17.4 Å². The van der Waals surface area contributed by atoms with E-state index in [-0.39, 0.29) is 17.6 Å². The number of Topliss-reactive ketones (excluding diaryl/α,β-unsaturated/α-hetero) is 1. The lowest BCUT2D eigenvalue weighted by Gasteiger charge is -2.13. The number of hydrogen-bond donors (Lipinski definition) is 1. The summed E-state index contributed by atoms with van der Waals surface area (Å²) >= 11 is 0. The van der Waals surface area contributed by atoms with Crippen molar-refractivity contribution in [3.05, 3.63) is 23.8 Å². The van der Waals surface area contributed by atoms with Crippen LogP contribution in [0.3, 0.4) is 0 Å². The lowest BCUT2D eigenvalue weighted by Crippen LogP contribution is -2.21. The third kappa shape index (κ3) is 2.70. The van der Waals surface area contributed by atoms with Crippen LogP contribution in [0.2, 0.25) is 0 Å². The van der Waals surface area contributed by atoms with Gasteiger partial charge in [0.1, 0.15) is 11.5 Å². The van der Waals surface area contributed by atoms with Gasteiger partial charge in [-0.25, -0.2) is 0 Å². The van der Waals surface area contributed by atoms with Crippen LogP contribution in [0, 0.1) is 12.8 Å². The third-order valence-electron chi connectivity index (χ3n) is 3.23. The van der Waals surface area contributed by atoms with Crippen LogP contribution < -0.4 is 10.1 Å². The number of carbonyl (C=O) groups excluding carboxylic acids is 2. The third-order valence-corrected chi connectivity index (χ3v) is 3.23. The second kappa shape index (κ2) is 5.21. The number of rotatable bonds is 3. The molecule has 1 saturated carbocycles. The highest BCUT2D eigenvalue weighted by Crippen LogP contribution is 2.28. The molecule has 0 spiro atoms. The number of carbonyl (C=O) groups is 2. The van der Waals surface area contributed by atoms with Gasteiger partial charge < -0.3 is 10.1 Å². The Morgan fingerprint density at radius 1 is 1.44 bits per heavy atom. The Labute approximate surface area is 106 Å². The standard InChI is InChI=1S/C14H17NO3/c1-9-3-6-13(18-2)12(7-9)15-14(17)10-4-5-11(16)8-10/h3,6-7,10H,4-5,8H2,1-2H3,(H,15,17). The van der Waals surface area contributed by atoms with Crippen LogP contribution >= 0.6 is 0 Å². The fourth-order valence-electron chi connectivity index (χ4n) is 2.19. The van der Waals surface area contributed by atoms with E-state index < -0.39 is 0 Å². The number of anilines is 1. The molecule has 1 atom stereocenters. The molecule has 1 aliphatic rings. The summed E-state index contributed by atoms with van der Waals surface area (Å²) in [6.07, 6.45) is 1.53. The molecule has 1 N–H and O–H groups in total. The fourth-order valence-corrected chi connectivity index (χ4v) is 2.19. The van der Waals surface area contributed by atoms with E-state index in [4.69, 9.17) is 4.74 Å². The second-order valence-corrected chi connectivity index (χ2v) is 4.67. The molecule has 0 bridgehead atoms. The lowest BCUT2D eigenvalue weighted by molar-refractivity contribution is -0.122. The van der Waals surface area contributed by atoms with Gasteiger partial charge in [-0.2, -0.15) is 0 Å². The fraction of sp³-hybridized carbons (Fsp3) is 0.429. The van der Waals surface area contributed by atoms with E-state index in [1.807, 2.05) is 25.1 Å². The molecule has 4 nitrogen and oxygen atoms in total. The SMILES string of the molecule is COc1ccc(C)cc1NC(=O)C1CCC(=O)C1. The summed E-state index contributed by atoms with van der Waals surface area (Å²) in [5.74, 6) is 0.525. The second-order valence-electron chi connectivity index (χ2n) is 4.67. The van der Waals surface area contributed by atoms with Crippen LogP contribution in [0.4, 0.5) is 5.69 Å². The van der Waals surface area contributed by atoms with Crippen LogP contribution in [-0.2, 0) is 9.59 Å². The zero-order valence-corrected chi connectivity index (χ0v) is 10.7. The first-order valence-electron chi connectivity index (χ1n) is 6.07. The van der Waals surface area contributed by atoms with Gasteiger partial charge in [-0.05, 0) is 31.0 Å². The molecule has 2 rings (SSSR count). The first kappa shape index (κ1) is 12.6. The van der Waals surface area contributed by atoms with Crippen molar-refractivity contribution in [1.29, 1.82) is 0 Å². The number of hydrogen-bond acceptors (Lipinski definition) is 3. The molecule has 0 saturated heterocycles. The van der Waals surface area contributed by atoms with Gasteiger partial charge in [0.25, 0.3) is 0 Å². The molecule has 1 amide bonds. The molecule has 1 fully saturated rings. The Bertz CT molecular complexity index is 482. The van der Waals surface area contributed by atoms with Gasteiger partial charge >= 0.3 is 0 Å². The molecule has 4 heteroatoms. The van der Waals surface area contributed by atoms with E-state index in [2.05, 4.69) is 5.32 Å². The molecule has 96 valence electrons. The summed E-state index contributed by atoms with van der Waals surface area (Å²) in [6.45, 7) is 1.95. The molecule has 0 aromatic heterocycles. The lowest BCUT2D eigenvalue weighted by atomic mass is 10.1. The number of ether oxygens (including phenoxy) is 1. The predicted octanol–water partition coefficient (Wildman–Crippen LogP) is 2.31. The van der Waals surface area contributed by atoms with Crippen LogP contribution in [0.25, 0.3) is 0 Å². The van der Waals surface area contributed by atoms with Gasteiger partial charge in [0, 0.05) is 18.8 Å². The first-order valence-corrected chi connectivity index (χ1v) is 6.07. The van der Waals surface area contributed by atoms with E-state index >= 15 is 0 Å². The summed E-state index contributed by atoms with van der Waals surface area (Å²) in [7, 11) is 1.57. The first-order chi connectivity index (χ1) is 8.60. The summed E-state index contributed by atoms with van der Waals surface area (Å²) in [5, 5.41) is 2.85. The summed E-state index contributed by atoms with van der Waals surface area (Å²) in [4.78, 5) is 23.2. The number of aryl methyl sites for hydroxylation is 1. The van der Waals surface area contributed by atoms with Crippen molar-refractivity contribution < 1.29 is 14.3 Å². The summed E-state index contributed by atoms with van der Waals surface area (Å²) in [6, 6.07) is 5.62. The minimum atomic E-state index is -0.192. The average molecular weight is 247 g/mol. The summed E-state index contributed by atoms with van der Waals surface area (Å²) in [5.41, 5.74) is 1.72. The Morgan fingerprint density at radius 3 is 2.83 bits per heavy atom. The van der Waals surface area contributed by atoms with E-state index in [1.165, 1.54) is 0 Å². The molecule has 1 aliphatic carbocycles. The molecular weight excluding hydrogens is 230 g/mol. The Balaban J connectivity index is 2.11. The highest BCUT2D eigenvalue weighted by molar-refractivity contribution is 5.98. The smallest absolute Gasteiger partial charge is 0.228 e. The molecule has 1 unspecified atom stereocenters. The van der Waals surface area contributed by atoms with Crippen molar-refractivity contribution in [2.24, 2.45) is 5.92 Å². The average Bonchev–Trinajstić information content (AvgIpc) is 2.76. The van der Waals surface area contributed by atoms with Gasteiger partial charge in [0.2, 0.25) is 5.91 Å². The monoisotopic (exact) mass is 247 g/mol. The Kier molecular flexibility index (Phi) is 3.65. The quantitative estimate of drug-likeness (QED) is 0.891. The molecule has 0 radical (unpaired) electrons. The van der Waals surface area contributed by atoms with E-state index in [1.54, 1.807) is 7.11 Å². The molecular formula is C14H17NO3. The number of benzene rings is 1. The van der Waals surface area contributed by atoms with Crippen LogP contribution in [-0.4, -0.2) is 18.8 Å². The van der Waals surface area contributed by atoms with Crippen LogP contribution in [0.1, 0.15) is 24.8 Å². The minimum Gasteiger partial charge on any atom is -0.495 e. The highest BCUT2D eigenvalue weighted by Gasteiger charge is 2.28. The topological polar surface area (TPSA) is 55.4 Å².